The maximum atomic E-state index is 13.2. The summed E-state index contributed by atoms with van der Waals surface area (Å²) < 4.78 is 12.6. The zero-order valence-electron chi connectivity index (χ0n) is 15.7. The zero-order valence-corrected chi connectivity index (χ0v) is 16.5. The molecule has 1 aromatic carbocycles. The Bertz CT molecular complexity index is 1000. The summed E-state index contributed by atoms with van der Waals surface area (Å²) in [4.78, 5) is 16.4. The number of morpholine rings is 1. The lowest BCUT2D eigenvalue weighted by Gasteiger charge is -2.31. The van der Waals surface area contributed by atoms with E-state index in [9.17, 15) is 4.79 Å². The number of hydrogen-bond donors (Lipinski definition) is 0. The maximum absolute atomic E-state index is 13.2. The molecule has 0 N–H and O–H groups in total. The van der Waals surface area contributed by atoms with E-state index in [4.69, 9.17) is 21.1 Å². The Kier molecular flexibility index (Phi) is 5.29. The lowest BCUT2D eigenvalue weighted by molar-refractivity contribution is -0.0272. The first-order chi connectivity index (χ1) is 13.6. The summed E-state index contributed by atoms with van der Waals surface area (Å²) in [5.74, 6) is 0.392. The fourth-order valence-corrected chi connectivity index (χ4v) is 3.68. The lowest BCUT2D eigenvalue weighted by Crippen LogP contribution is -2.43. The van der Waals surface area contributed by atoms with Crippen LogP contribution in [0.25, 0.3) is 10.9 Å². The van der Waals surface area contributed by atoms with Crippen LogP contribution in [0.3, 0.4) is 0 Å². The van der Waals surface area contributed by atoms with Gasteiger partial charge in [0, 0.05) is 26.1 Å². The van der Waals surface area contributed by atoms with Gasteiger partial charge in [-0.05, 0) is 17.3 Å². The molecule has 28 heavy (non-hydrogen) atoms. The van der Waals surface area contributed by atoms with Crippen molar-refractivity contribution in [1.29, 1.82) is 0 Å². The van der Waals surface area contributed by atoms with E-state index in [0.29, 0.717) is 49.4 Å². The number of fused-ring (bicyclic) bond motifs is 1. The van der Waals surface area contributed by atoms with Gasteiger partial charge in [0.1, 0.15) is 11.8 Å². The van der Waals surface area contributed by atoms with Crippen LogP contribution >= 0.6 is 11.6 Å². The second-order valence-electron chi connectivity index (χ2n) is 6.61. The fourth-order valence-electron chi connectivity index (χ4n) is 3.38. The third-order valence-corrected chi connectivity index (χ3v) is 5.14. The minimum absolute atomic E-state index is 0.0742. The number of para-hydroxylation sites is 1. The fraction of sp³-hybridized carbons (Fsp3) is 0.444. The molecule has 1 unspecified atom stereocenters. The molecule has 1 amide bonds. The van der Waals surface area contributed by atoms with Gasteiger partial charge < -0.3 is 18.9 Å². The number of halogens is 1. The van der Waals surface area contributed by atoms with Crippen LogP contribution in [0.4, 0.5) is 0 Å². The van der Waals surface area contributed by atoms with E-state index in [2.05, 4.69) is 15.4 Å². The van der Waals surface area contributed by atoms with Gasteiger partial charge in [0.25, 0.3) is 5.91 Å². The van der Waals surface area contributed by atoms with Gasteiger partial charge in [-0.25, -0.2) is 0 Å². The highest BCUT2D eigenvalue weighted by molar-refractivity contribution is 6.35. The molecule has 1 aliphatic rings. The monoisotopic (exact) mass is 404 g/mol. The Morgan fingerprint density at radius 1 is 1.43 bits per heavy atom. The summed E-state index contributed by atoms with van der Waals surface area (Å²) in [6.45, 7) is 2.28. The number of rotatable bonds is 5. The molecule has 2 aromatic heterocycles. The normalized spacial score (nSPS) is 17.4. The first kappa shape index (κ1) is 18.9. The highest BCUT2D eigenvalue weighted by Crippen LogP contribution is 2.28. The Balaban J connectivity index is 1.53. The van der Waals surface area contributed by atoms with Gasteiger partial charge in [-0.15, -0.1) is 10.2 Å². The van der Waals surface area contributed by atoms with Crippen molar-refractivity contribution >= 4 is 28.4 Å². The lowest BCUT2D eigenvalue weighted by atomic mass is 10.2. The van der Waals surface area contributed by atoms with E-state index in [1.165, 1.54) is 4.80 Å². The molecule has 1 saturated heterocycles. The van der Waals surface area contributed by atoms with Crippen molar-refractivity contribution in [1.82, 2.24) is 29.7 Å². The molecule has 148 valence electrons. The predicted molar refractivity (Wildman–Crippen MR) is 102 cm³/mol. The van der Waals surface area contributed by atoms with Crippen molar-refractivity contribution in [2.75, 3.05) is 33.4 Å². The summed E-state index contributed by atoms with van der Waals surface area (Å²) in [7, 11) is 3.47. The molecule has 3 aromatic rings. The third kappa shape index (κ3) is 3.48. The Morgan fingerprint density at radius 3 is 3.07 bits per heavy atom. The van der Waals surface area contributed by atoms with E-state index in [1.807, 2.05) is 35.9 Å². The number of amides is 1. The van der Waals surface area contributed by atoms with Crippen LogP contribution < -0.4 is 0 Å². The number of carbonyl (C=O) groups is 1. The van der Waals surface area contributed by atoms with Crippen molar-refractivity contribution in [3.8, 4) is 0 Å². The van der Waals surface area contributed by atoms with Crippen LogP contribution in [0.1, 0.15) is 22.4 Å². The molecule has 1 fully saturated rings. The number of tetrazole rings is 1. The van der Waals surface area contributed by atoms with Crippen molar-refractivity contribution in [2.45, 2.75) is 12.6 Å². The number of nitrogens with zero attached hydrogens (tertiary/aromatic N) is 6. The first-order valence-electron chi connectivity index (χ1n) is 9.00. The second kappa shape index (κ2) is 7.86. The molecule has 0 spiro atoms. The van der Waals surface area contributed by atoms with Crippen LogP contribution in [0.2, 0.25) is 5.02 Å². The highest BCUT2D eigenvalue weighted by atomic mass is 35.5. The van der Waals surface area contributed by atoms with Gasteiger partial charge >= 0.3 is 0 Å². The molecule has 0 bridgehead atoms. The number of hydrogen-bond acceptors (Lipinski definition) is 6. The van der Waals surface area contributed by atoms with Crippen molar-refractivity contribution in [2.24, 2.45) is 7.05 Å². The van der Waals surface area contributed by atoms with E-state index in [-0.39, 0.29) is 5.91 Å². The van der Waals surface area contributed by atoms with Gasteiger partial charge in [-0.1, -0.05) is 23.7 Å². The average molecular weight is 405 g/mol. The summed E-state index contributed by atoms with van der Waals surface area (Å²) in [6, 6.07) is 7.51. The Morgan fingerprint density at radius 2 is 2.29 bits per heavy atom. The number of benzene rings is 1. The van der Waals surface area contributed by atoms with Crippen LogP contribution in [-0.4, -0.2) is 69.0 Å². The molecule has 3 heterocycles. The minimum Gasteiger partial charge on any atom is -0.383 e. The molecule has 1 aliphatic heterocycles. The molecular weight excluding hydrogens is 384 g/mol. The molecule has 10 heteroatoms. The number of carbonyl (C=O) groups excluding carboxylic acids is 1. The standard InChI is InChI=1S/C18H21ClN6O3/c1-23-14(10-12-4-3-5-13(19)16(12)23)18(26)24-6-9-28-15(11-24)17-20-22-25(21-17)7-8-27-2/h3-5,10,15H,6-9,11H2,1-2H3. The molecule has 4 rings (SSSR count). The first-order valence-corrected chi connectivity index (χ1v) is 9.37. The number of aromatic nitrogens is 5. The molecular formula is C18H21ClN6O3. The van der Waals surface area contributed by atoms with Gasteiger partial charge in [-0.3, -0.25) is 4.79 Å². The highest BCUT2D eigenvalue weighted by Gasteiger charge is 2.30. The molecule has 1 atom stereocenters. The molecule has 0 radical (unpaired) electrons. The zero-order chi connectivity index (χ0) is 19.7. The number of methoxy groups -OCH3 is 1. The Hall–Kier alpha value is -2.49. The van der Waals surface area contributed by atoms with Crippen LogP contribution in [-0.2, 0) is 23.1 Å². The van der Waals surface area contributed by atoms with E-state index in [1.54, 1.807) is 12.0 Å². The van der Waals surface area contributed by atoms with E-state index in [0.717, 1.165) is 10.9 Å². The van der Waals surface area contributed by atoms with Crippen LogP contribution in [0.15, 0.2) is 24.3 Å². The van der Waals surface area contributed by atoms with E-state index >= 15 is 0 Å². The number of ether oxygens (including phenoxy) is 2. The largest absolute Gasteiger partial charge is 0.383 e. The van der Waals surface area contributed by atoms with Crippen molar-refractivity contribution in [3.63, 3.8) is 0 Å². The van der Waals surface area contributed by atoms with Crippen molar-refractivity contribution in [3.05, 3.63) is 40.8 Å². The minimum atomic E-state index is -0.410. The molecule has 9 nitrogen and oxygen atoms in total. The number of aryl methyl sites for hydroxylation is 1. The summed E-state index contributed by atoms with van der Waals surface area (Å²) >= 11 is 6.31. The van der Waals surface area contributed by atoms with Gasteiger partial charge in [-0.2, -0.15) is 4.80 Å². The second-order valence-corrected chi connectivity index (χ2v) is 7.02. The topological polar surface area (TPSA) is 87.3 Å². The molecule has 0 aliphatic carbocycles. The summed E-state index contributed by atoms with van der Waals surface area (Å²) in [5.41, 5.74) is 1.43. The Labute approximate surface area is 166 Å². The van der Waals surface area contributed by atoms with Gasteiger partial charge in [0.2, 0.25) is 5.82 Å². The third-order valence-electron chi connectivity index (χ3n) is 4.83. The smallest absolute Gasteiger partial charge is 0.270 e. The van der Waals surface area contributed by atoms with Crippen LogP contribution in [0, 0.1) is 0 Å². The van der Waals surface area contributed by atoms with Gasteiger partial charge in [0.05, 0.1) is 36.8 Å². The maximum Gasteiger partial charge on any atom is 0.270 e. The summed E-state index contributed by atoms with van der Waals surface area (Å²) in [5, 5.41) is 14.0. The van der Waals surface area contributed by atoms with Crippen LogP contribution in [0.5, 0.6) is 0 Å². The average Bonchev–Trinajstić information content (AvgIpc) is 3.31. The SMILES string of the molecule is COCCn1nnc(C2CN(C(=O)c3cc4cccc(Cl)c4n3C)CCO2)n1. The predicted octanol–water partition coefficient (Wildman–Crippen LogP) is 1.68. The molecule has 0 saturated carbocycles. The summed E-state index contributed by atoms with van der Waals surface area (Å²) in [6.07, 6.45) is -0.410. The van der Waals surface area contributed by atoms with Gasteiger partial charge in [0.15, 0.2) is 0 Å². The van der Waals surface area contributed by atoms with Crippen molar-refractivity contribution < 1.29 is 14.3 Å². The van der Waals surface area contributed by atoms with E-state index < -0.39 is 6.10 Å². The quantitative estimate of drug-likeness (QED) is 0.643.